The lowest BCUT2D eigenvalue weighted by Crippen LogP contribution is -2.53. The van der Waals surface area contributed by atoms with Crippen LogP contribution in [0.1, 0.15) is 38.5 Å². The first-order valence-electron chi connectivity index (χ1n) is 7.24. The minimum absolute atomic E-state index is 0.166. The van der Waals surface area contributed by atoms with Crippen LogP contribution in [-0.2, 0) is 4.79 Å². The van der Waals surface area contributed by atoms with E-state index >= 15 is 0 Å². The fraction of sp³-hybridized carbons (Fsp3) is 0.929. The molecule has 0 aromatic heterocycles. The van der Waals surface area contributed by atoms with Crippen LogP contribution in [0.3, 0.4) is 0 Å². The third kappa shape index (κ3) is 3.04. The number of hydrogen-bond donors (Lipinski definition) is 1. The van der Waals surface area contributed by atoms with Gasteiger partial charge in [-0.2, -0.15) is 0 Å². The minimum atomic E-state index is -0.555. The van der Waals surface area contributed by atoms with E-state index in [0.717, 1.165) is 45.3 Å². The summed E-state index contributed by atoms with van der Waals surface area (Å²) in [6.45, 7) is 3.19. The van der Waals surface area contributed by atoms with E-state index in [1.165, 1.54) is 12.8 Å². The van der Waals surface area contributed by atoms with Crippen molar-refractivity contribution >= 4 is 5.91 Å². The predicted octanol–water partition coefficient (Wildman–Crippen LogP) is 1.06. The molecule has 2 N–H and O–H groups in total. The van der Waals surface area contributed by atoms with E-state index in [2.05, 4.69) is 11.9 Å². The summed E-state index contributed by atoms with van der Waals surface area (Å²) in [5, 5.41) is 0. The Morgan fingerprint density at radius 2 is 1.89 bits per heavy atom. The Hall–Kier alpha value is -0.610. The van der Waals surface area contributed by atoms with E-state index in [4.69, 9.17) is 5.73 Å². The molecule has 2 aliphatic rings. The van der Waals surface area contributed by atoms with Crippen molar-refractivity contribution in [3.8, 4) is 0 Å². The topological polar surface area (TPSA) is 49.6 Å². The maximum absolute atomic E-state index is 12.4. The number of likely N-dealkylation sites (N-methyl/N-ethyl adjacent to an activating group) is 1. The predicted molar refractivity (Wildman–Crippen MR) is 73.2 cm³/mol. The quantitative estimate of drug-likeness (QED) is 0.818. The second kappa shape index (κ2) is 5.57. The average molecular weight is 253 g/mol. The first kappa shape index (κ1) is 13.8. The van der Waals surface area contributed by atoms with Crippen LogP contribution in [0, 0.1) is 5.92 Å². The molecule has 0 unspecified atom stereocenters. The van der Waals surface area contributed by atoms with E-state index in [1.807, 2.05) is 11.9 Å². The van der Waals surface area contributed by atoms with Gasteiger partial charge in [-0.1, -0.05) is 12.8 Å². The molecule has 1 aliphatic carbocycles. The fourth-order valence-corrected chi connectivity index (χ4v) is 3.31. The SMILES string of the molecule is CN1CCC(CN(C)C(=O)C2(N)CCCC2)CC1. The van der Waals surface area contributed by atoms with Crippen molar-refractivity contribution in [3.63, 3.8) is 0 Å². The molecule has 0 spiro atoms. The second-order valence-electron chi connectivity index (χ2n) is 6.30. The molecule has 1 saturated heterocycles. The van der Waals surface area contributed by atoms with Gasteiger partial charge in [-0.25, -0.2) is 0 Å². The van der Waals surface area contributed by atoms with Gasteiger partial charge in [0.2, 0.25) is 5.91 Å². The van der Waals surface area contributed by atoms with Crippen LogP contribution in [0.25, 0.3) is 0 Å². The van der Waals surface area contributed by atoms with Crippen molar-refractivity contribution in [1.82, 2.24) is 9.80 Å². The molecule has 18 heavy (non-hydrogen) atoms. The molecule has 0 aromatic carbocycles. The third-order valence-corrected chi connectivity index (χ3v) is 4.64. The highest BCUT2D eigenvalue weighted by atomic mass is 16.2. The smallest absolute Gasteiger partial charge is 0.242 e. The monoisotopic (exact) mass is 253 g/mol. The molecule has 0 atom stereocenters. The zero-order valence-electron chi connectivity index (χ0n) is 11.8. The Balaban J connectivity index is 1.84. The Labute approximate surface area is 110 Å². The highest BCUT2D eigenvalue weighted by Crippen LogP contribution is 2.29. The van der Waals surface area contributed by atoms with Crippen LogP contribution in [0.4, 0.5) is 0 Å². The summed E-state index contributed by atoms with van der Waals surface area (Å²) in [6.07, 6.45) is 6.33. The summed E-state index contributed by atoms with van der Waals surface area (Å²) < 4.78 is 0. The fourth-order valence-electron chi connectivity index (χ4n) is 3.31. The molecular formula is C14H27N3O. The number of nitrogens with two attached hydrogens (primary N) is 1. The molecule has 0 aromatic rings. The Morgan fingerprint density at radius 3 is 2.44 bits per heavy atom. The number of piperidine rings is 1. The maximum Gasteiger partial charge on any atom is 0.242 e. The van der Waals surface area contributed by atoms with E-state index < -0.39 is 5.54 Å². The molecule has 4 nitrogen and oxygen atoms in total. The summed E-state index contributed by atoms with van der Waals surface area (Å²) in [4.78, 5) is 16.6. The van der Waals surface area contributed by atoms with Gasteiger partial charge < -0.3 is 15.5 Å². The van der Waals surface area contributed by atoms with Crippen molar-refractivity contribution in [2.75, 3.05) is 33.7 Å². The molecular weight excluding hydrogens is 226 g/mol. The summed E-state index contributed by atoms with van der Waals surface area (Å²) in [5.74, 6) is 0.819. The molecule has 1 aliphatic heterocycles. The largest absolute Gasteiger partial charge is 0.344 e. The van der Waals surface area contributed by atoms with Gasteiger partial charge >= 0.3 is 0 Å². The van der Waals surface area contributed by atoms with Gasteiger partial charge in [0.15, 0.2) is 0 Å². The van der Waals surface area contributed by atoms with Crippen LogP contribution in [0.15, 0.2) is 0 Å². The van der Waals surface area contributed by atoms with E-state index in [1.54, 1.807) is 0 Å². The second-order valence-corrected chi connectivity index (χ2v) is 6.30. The first-order valence-corrected chi connectivity index (χ1v) is 7.24. The Kier molecular flexibility index (Phi) is 4.28. The standard InChI is InChI=1S/C14H27N3O/c1-16-9-5-12(6-10-16)11-17(2)13(18)14(15)7-3-4-8-14/h12H,3-11,15H2,1-2H3. The minimum Gasteiger partial charge on any atom is -0.344 e. The molecule has 1 saturated carbocycles. The molecule has 1 amide bonds. The van der Waals surface area contributed by atoms with Gasteiger partial charge in [0.25, 0.3) is 0 Å². The van der Waals surface area contributed by atoms with Crippen molar-refractivity contribution in [1.29, 1.82) is 0 Å². The summed E-state index contributed by atoms with van der Waals surface area (Å²) in [7, 11) is 4.09. The van der Waals surface area contributed by atoms with E-state index in [9.17, 15) is 4.79 Å². The van der Waals surface area contributed by atoms with Crippen molar-refractivity contribution in [3.05, 3.63) is 0 Å². The van der Waals surface area contributed by atoms with Crippen LogP contribution in [0.2, 0.25) is 0 Å². The van der Waals surface area contributed by atoms with Crippen LogP contribution >= 0.6 is 0 Å². The number of carbonyl (C=O) groups excluding carboxylic acids is 1. The van der Waals surface area contributed by atoms with Gasteiger partial charge in [-0.15, -0.1) is 0 Å². The van der Waals surface area contributed by atoms with Crippen LogP contribution < -0.4 is 5.73 Å². The molecule has 1 heterocycles. The molecule has 0 radical (unpaired) electrons. The molecule has 4 heteroatoms. The average Bonchev–Trinajstić information content (AvgIpc) is 2.79. The first-order chi connectivity index (χ1) is 8.51. The number of rotatable bonds is 3. The highest BCUT2D eigenvalue weighted by molar-refractivity contribution is 5.86. The lowest BCUT2D eigenvalue weighted by atomic mass is 9.94. The van der Waals surface area contributed by atoms with Gasteiger partial charge in [0.05, 0.1) is 5.54 Å². The van der Waals surface area contributed by atoms with Gasteiger partial charge in [0, 0.05) is 13.6 Å². The summed E-state index contributed by atoms with van der Waals surface area (Å²) in [6, 6.07) is 0. The van der Waals surface area contributed by atoms with Crippen molar-refractivity contribution in [2.24, 2.45) is 11.7 Å². The molecule has 2 rings (SSSR count). The van der Waals surface area contributed by atoms with E-state index in [-0.39, 0.29) is 5.91 Å². The number of hydrogen-bond acceptors (Lipinski definition) is 3. The maximum atomic E-state index is 12.4. The van der Waals surface area contributed by atoms with Crippen LogP contribution in [-0.4, -0.2) is 55.0 Å². The Bertz CT molecular complexity index is 291. The van der Waals surface area contributed by atoms with Crippen LogP contribution in [0.5, 0.6) is 0 Å². The number of amides is 1. The van der Waals surface area contributed by atoms with Crippen molar-refractivity contribution in [2.45, 2.75) is 44.1 Å². The van der Waals surface area contributed by atoms with Gasteiger partial charge in [0.1, 0.15) is 0 Å². The van der Waals surface area contributed by atoms with E-state index in [0.29, 0.717) is 5.92 Å². The molecule has 104 valence electrons. The van der Waals surface area contributed by atoms with Gasteiger partial charge in [-0.3, -0.25) is 4.79 Å². The molecule has 2 fully saturated rings. The lowest BCUT2D eigenvalue weighted by Gasteiger charge is -2.34. The number of likely N-dealkylation sites (tertiary alicyclic amines) is 1. The van der Waals surface area contributed by atoms with Gasteiger partial charge in [-0.05, 0) is 51.7 Å². The van der Waals surface area contributed by atoms with Crippen molar-refractivity contribution < 1.29 is 4.79 Å². The highest BCUT2D eigenvalue weighted by Gasteiger charge is 2.39. The lowest BCUT2D eigenvalue weighted by molar-refractivity contribution is -0.136. The normalized spacial score (nSPS) is 25.3. The third-order valence-electron chi connectivity index (χ3n) is 4.64. The zero-order valence-corrected chi connectivity index (χ0v) is 11.8. The summed E-state index contributed by atoms with van der Waals surface area (Å²) in [5.41, 5.74) is 5.68. The summed E-state index contributed by atoms with van der Waals surface area (Å²) >= 11 is 0. The molecule has 0 bridgehead atoms. The zero-order chi connectivity index (χ0) is 13.2. The number of nitrogens with zero attached hydrogens (tertiary/aromatic N) is 2. The Morgan fingerprint density at radius 1 is 1.33 bits per heavy atom. The number of carbonyl (C=O) groups is 1.